The highest BCUT2D eigenvalue weighted by atomic mass is 19.4. The number of carbonyl (C=O) groups excluding carboxylic acids is 2. The maximum absolute atomic E-state index is 12.9. The summed E-state index contributed by atoms with van der Waals surface area (Å²) in [5, 5.41) is 5.39. The molecule has 2 amide bonds. The number of nitrogens with one attached hydrogen (secondary N) is 2. The number of hydrogen-bond acceptors (Lipinski definition) is 3. The summed E-state index contributed by atoms with van der Waals surface area (Å²) in [5.74, 6) is -0.865. The highest BCUT2D eigenvalue weighted by Gasteiger charge is 2.38. The van der Waals surface area contributed by atoms with Gasteiger partial charge in [0, 0.05) is 0 Å². The molecule has 0 aromatic heterocycles. The maximum atomic E-state index is 12.9. The summed E-state index contributed by atoms with van der Waals surface area (Å²) < 4.78 is 38.6. The number of carbonyl (C=O) groups is 2. The molecule has 1 saturated carbocycles. The van der Waals surface area contributed by atoms with Crippen LogP contribution in [-0.2, 0) is 21.3 Å². The first-order valence-electron chi connectivity index (χ1n) is 7.62. The molecule has 1 aromatic rings. The Morgan fingerprint density at radius 2 is 1.88 bits per heavy atom. The average molecular weight is 343 g/mol. The van der Waals surface area contributed by atoms with Crippen LogP contribution >= 0.6 is 0 Å². The van der Waals surface area contributed by atoms with E-state index in [2.05, 4.69) is 10.6 Å². The summed E-state index contributed by atoms with van der Waals surface area (Å²) in [6.07, 6.45) is -2.31. The van der Waals surface area contributed by atoms with Crippen LogP contribution in [0.5, 0.6) is 0 Å². The molecule has 1 aliphatic carbocycles. The number of rotatable bonds is 7. The van der Waals surface area contributed by atoms with E-state index in [-0.39, 0.29) is 12.1 Å². The Hall–Kier alpha value is -2.09. The molecule has 0 heterocycles. The second-order valence-electron chi connectivity index (χ2n) is 6.19. The van der Waals surface area contributed by atoms with Crippen molar-refractivity contribution in [1.29, 1.82) is 0 Å². The second kappa shape index (κ2) is 6.80. The molecule has 5 nitrogen and oxygen atoms in total. The van der Waals surface area contributed by atoms with E-state index >= 15 is 0 Å². The number of alkyl halides is 3. The van der Waals surface area contributed by atoms with Crippen LogP contribution < -0.4 is 16.4 Å². The molecule has 0 aliphatic heterocycles. The first-order valence-corrected chi connectivity index (χ1v) is 7.62. The lowest BCUT2D eigenvalue weighted by molar-refractivity contribution is -0.138. The molecule has 24 heavy (non-hydrogen) atoms. The van der Waals surface area contributed by atoms with Crippen molar-refractivity contribution in [3.63, 3.8) is 0 Å². The van der Waals surface area contributed by atoms with Crippen molar-refractivity contribution in [3.05, 3.63) is 35.4 Å². The van der Waals surface area contributed by atoms with Crippen LogP contribution in [0, 0.1) is 5.92 Å². The molecule has 132 valence electrons. The Kier molecular flexibility index (Phi) is 5.17. The van der Waals surface area contributed by atoms with E-state index in [1.54, 1.807) is 0 Å². The highest BCUT2D eigenvalue weighted by Crippen LogP contribution is 2.32. The standard InChI is InChI=1S/C16H20F3N3O2/c1-15(14(20)24,22-13(23)9-21-8-10-5-6-10)11-3-2-4-12(7-11)16(17,18)19/h2-4,7,10,21H,5-6,8-9H2,1H3,(H2,20,24)(H,22,23). The fourth-order valence-electron chi connectivity index (χ4n) is 2.32. The van der Waals surface area contributed by atoms with Crippen LogP contribution in [0.3, 0.4) is 0 Å². The van der Waals surface area contributed by atoms with Gasteiger partial charge in [-0.1, -0.05) is 12.1 Å². The molecule has 4 N–H and O–H groups in total. The summed E-state index contributed by atoms with van der Waals surface area (Å²) in [6, 6.07) is 4.22. The summed E-state index contributed by atoms with van der Waals surface area (Å²) in [4.78, 5) is 23.8. The molecule has 0 bridgehead atoms. The minimum absolute atomic E-state index is 0.0135. The lowest BCUT2D eigenvalue weighted by atomic mass is 9.89. The zero-order valence-electron chi connectivity index (χ0n) is 13.2. The summed E-state index contributed by atoms with van der Waals surface area (Å²) >= 11 is 0. The Bertz CT molecular complexity index is 629. The number of amides is 2. The van der Waals surface area contributed by atoms with Gasteiger partial charge in [-0.15, -0.1) is 0 Å². The van der Waals surface area contributed by atoms with Gasteiger partial charge in [0.05, 0.1) is 12.1 Å². The fourth-order valence-corrected chi connectivity index (χ4v) is 2.32. The van der Waals surface area contributed by atoms with E-state index in [0.717, 1.165) is 25.0 Å². The van der Waals surface area contributed by atoms with Crippen LogP contribution in [0.4, 0.5) is 13.2 Å². The van der Waals surface area contributed by atoms with E-state index in [0.29, 0.717) is 12.5 Å². The molecule has 8 heteroatoms. The normalized spacial score (nSPS) is 17.2. The lowest BCUT2D eigenvalue weighted by Gasteiger charge is -2.28. The van der Waals surface area contributed by atoms with Crippen molar-refractivity contribution in [1.82, 2.24) is 10.6 Å². The van der Waals surface area contributed by atoms with Gasteiger partial charge in [0.1, 0.15) is 5.54 Å². The van der Waals surface area contributed by atoms with Crippen LogP contribution in [0.1, 0.15) is 30.9 Å². The Labute approximate surface area is 137 Å². The third-order valence-corrected chi connectivity index (χ3v) is 4.06. The minimum atomic E-state index is -4.55. The minimum Gasteiger partial charge on any atom is -0.367 e. The van der Waals surface area contributed by atoms with E-state index < -0.39 is 29.1 Å². The molecular formula is C16H20F3N3O2. The number of halogens is 3. The molecular weight excluding hydrogens is 323 g/mol. The van der Waals surface area contributed by atoms with E-state index in [9.17, 15) is 22.8 Å². The van der Waals surface area contributed by atoms with E-state index in [1.807, 2.05) is 0 Å². The van der Waals surface area contributed by atoms with Crippen molar-refractivity contribution in [2.24, 2.45) is 11.7 Å². The van der Waals surface area contributed by atoms with Gasteiger partial charge in [0.25, 0.3) is 0 Å². The molecule has 1 unspecified atom stereocenters. The molecule has 1 aromatic carbocycles. The van der Waals surface area contributed by atoms with Gasteiger partial charge in [-0.05, 0) is 49.9 Å². The largest absolute Gasteiger partial charge is 0.416 e. The predicted molar refractivity (Wildman–Crippen MR) is 81.7 cm³/mol. The van der Waals surface area contributed by atoms with Gasteiger partial charge in [-0.2, -0.15) is 13.2 Å². The van der Waals surface area contributed by atoms with Crippen molar-refractivity contribution < 1.29 is 22.8 Å². The third-order valence-electron chi connectivity index (χ3n) is 4.06. The van der Waals surface area contributed by atoms with Crippen LogP contribution in [-0.4, -0.2) is 24.9 Å². The van der Waals surface area contributed by atoms with Gasteiger partial charge in [-0.25, -0.2) is 0 Å². The molecule has 0 spiro atoms. The first kappa shape index (κ1) is 18.3. The molecule has 1 fully saturated rings. The zero-order valence-corrected chi connectivity index (χ0v) is 13.2. The number of primary amides is 1. The topological polar surface area (TPSA) is 84.2 Å². The molecule has 1 aliphatic rings. The lowest BCUT2D eigenvalue weighted by Crippen LogP contribution is -2.54. The Balaban J connectivity index is 2.13. The van der Waals surface area contributed by atoms with Crippen LogP contribution in [0.15, 0.2) is 24.3 Å². The molecule has 0 radical (unpaired) electrons. The Morgan fingerprint density at radius 3 is 2.42 bits per heavy atom. The van der Waals surface area contributed by atoms with Gasteiger partial charge >= 0.3 is 6.18 Å². The second-order valence-corrected chi connectivity index (χ2v) is 6.19. The van der Waals surface area contributed by atoms with Crippen LogP contribution in [0.2, 0.25) is 0 Å². The molecule has 2 rings (SSSR count). The number of nitrogens with two attached hydrogens (primary N) is 1. The monoisotopic (exact) mass is 343 g/mol. The molecule has 0 saturated heterocycles. The maximum Gasteiger partial charge on any atom is 0.416 e. The van der Waals surface area contributed by atoms with Crippen molar-refractivity contribution in [3.8, 4) is 0 Å². The highest BCUT2D eigenvalue weighted by molar-refractivity contribution is 5.91. The fraction of sp³-hybridized carbons (Fsp3) is 0.500. The molecule has 1 atom stereocenters. The summed E-state index contributed by atoms with van der Waals surface area (Å²) in [7, 11) is 0. The summed E-state index contributed by atoms with van der Waals surface area (Å²) in [6.45, 7) is 1.96. The van der Waals surface area contributed by atoms with Crippen molar-refractivity contribution >= 4 is 11.8 Å². The van der Waals surface area contributed by atoms with Crippen molar-refractivity contribution in [2.75, 3.05) is 13.1 Å². The van der Waals surface area contributed by atoms with E-state index in [1.165, 1.54) is 19.1 Å². The Morgan fingerprint density at radius 1 is 1.25 bits per heavy atom. The predicted octanol–water partition coefficient (Wildman–Crippen LogP) is 1.52. The number of benzene rings is 1. The average Bonchev–Trinajstić information content (AvgIpc) is 3.30. The first-order chi connectivity index (χ1) is 11.1. The van der Waals surface area contributed by atoms with Crippen molar-refractivity contribution in [2.45, 2.75) is 31.5 Å². The van der Waals surface area contributed by atoms with Crippen LogP contribution in [0.25, 0.3) is 0 Å². The third kappa shape index (κ3) is 4.47. The summed E-state index contributed by atoms with van der Waals surface area (Å²) in [5.41, 5.74) is 2.70. The zero-order chi connectivity index (χ0) is 18.0. The smallest absolute Gasteiger partial charge is 0.367 e. The van der Waals surface area contributed by atoms with E-state index in [4.69, 9.17) is 5.73 Å². The number of hydrogen-bond donors (Lipinski definition) is 3. The van der Waals surface area contributed by atoms with Gasteiger partial charge in [-0.3, -0.25) is 9.59 Å². The van der Waals surface area contributed by atoms with Gasteiger partial charge in [0.15, 0.2) is 0 Å². The quantitative estimate of drug-likeness (QED) is 0.702. The van der Waals surface area contributed by atoms with Gasteiger partial charge < -0.3 is 16.4 Å². The van der Waals surface area contributed by atoms with Gasteiger partial charge in [0.2, 0.25) is 11.8 Å². The SMILES string of the molecule is CC(NC(=O)CNCC1CC1)(C(N)=O)c1cccc(C(F)(F)F)c1.